The largest absolute Gasteiger partial charge is 0.317 e. The highest BCUT2D eigenvalue weighted by molar-refractivity contribution is 7.89. The van der Waals surface area contributed by atoms with Crippen LogP contribution >= 0.6 is 0 Å². The molecule has 4 nitrogen and oxygen atoms in total. The lowest BCUT2D eigenvalue weighted by Crippen LogP contribution is -2.40. The average molecular weight is 246 g/mol. The van der Waals surface area contributed by atoms with Crippen LogP contribution in [0.15, 0.2) is 0 Å². The first-order chi connectivity index (χ1) is 7.58. The van der Waals surface area contributed by atoms with Gasteiger partial charge in [-0.15, -0.1) is 0 Å². The van der Waals surface area contributed by atoms with Gasteiger partial charge in [0.15, 0.2) is 0 Å². The van der Waals surface area contributed by atoms with Gasteiger partial charge in [-0.25, -0.2) is 12.7 Å². The van der Waals surface area contributed by atoms with Crippen molar-refractivity contribution in [2.45, 2.75) is 32.6 Å². The van der Waals surface area contributed by atoms with Gasteiger partial charge in [0.05, 0.1) is 5.75 Å². The number of nitrogens with zero attached hydrogens (tertiary/aromatic N) is 1. The third-order valence-electron chi connectivity index (χ3n) is 3.92. The Labute approximate surface area is 98.4 Å². The Bertz CT molecular complexity index is 334. The van der Waals surface area contributed by atoms with E-state index >= 15 is 0 Å². The van der Waals surface area contributed by atoms with E-state index in [2.05, 4.69) is 5.32 Å². The number of sulfonamides is 1. The molecule has 16 heavy (non-hydrogen) atoms. The molecule has 0 amide bonds. The minimum absolute atomic E-state index is 0.284. The maximum Gasteiger partial charge on any atom is 0.214 e. The van der Waals surface area contributed by atoms with E-state index in [1.54, 1.807) is 4.31 Å². The molecule has 0 aliphatic carbocycles. The summed E-state index contributed by atoms with van der Waals surface area (Å²) in [5, 5.41) is 3.35. The van der Waals surface area contributed by atoms with Crippen LogP contribution in [0.4, 0.5) is 0 Å². The van der Waals surface area contributed by atoms with Gasteiger partial charge >= 0.3 is 0 Å². The summed E-state index contributed by atoms with van der Waals surface area (Å²) in [6.45, 7) is 5.51. The molecule has 94 valence electrons. The summed E-state index contributed by atoms with van der Waals surface area (Å²) in [6.07, 6.45) is 4.03. The zero-order chi connectivity index (χ0) is 11.6. The quantitative estimate of drug-likeness (QED) is 0.801. The summed E-state index contributed by atoms with van der Waals surface area (Å²) < 4.78 is 25.7. The van der Waals surface area contributed by atoms with E-state index in [9.17, 15) is 8.42 Å². The third-order valence-corrected chi connectivity index (χ3v) is 5.95. The highest BCUT2D eigenvalue weighted by Crippen LogP contribution is 2.39. The number of hydrogen-bond donors (Lipinski definition) is 1. The predicted octanol–water partition coefficient (Wildman–Crippen LogP) is 0.802. The van der Waals surface area contributed by atoms with Gasteiger partial charge in [0.2, 0.25) is 10.0 Å². The van der Waals surface area contributed by atoms with Crippen LogP contribution < -0.4 is 5.32 Å². The molecule has 2 fully saturated rings. The molecule has 0 aromatic rings. The molecular weight excluding hydrogens is 224 g/mol. The monoisotopic (exact) mass is 246 g/mol. The second kappa shape index (κ2) is 4.63. The van der Waals surface area contributed by atoms with Gasteiger partial charge in [-0.05, 0) is 44.2 Å². The van der Waals surface area contributed by atoms with Crippen LogP contribution in [-0.2, 0) is 10.0 Å². The first-order valence-corrected chi connectivity index (χ1v) is 7.87. The van der Waals surface area contributed by atoms with Gasteiger partial charge in [0.1, 0.15) is 0 Å². The van der Waals surface area contributed by atoms with Crippen LogP contribution in [0.5, 0.6) is 0 Å². The molecule has 2 aliphatic rings. The first-order valence-electron chi connectivity index (χ1n) is 6.27. The van der Waals surface area contributed by atoms with Gasteiger partial charge < -0.3 is 5.32 Å². The number of piperidine rings is 1. The molecule has 5 heteroatoms. The minimum Gasteiger partial charge on any atom is -0.317 e. The van der Waals surface area contributed by atoms with Crippen LogP contribution in [0.25, 0.3) is 0 Å². The van der Waals surface area contributed by atoms with Gasteiger partial charge in [-0.3, -0.25) is 0 Å². The smallest absolute Gasteiger partial charge is 0.214 e. The summed E-state index contributed by atoms with van der Waals surface area (Å²) in [6, 6.07) is 0. The van der Waals surface area contributed by atoms with Crippen molar-refractivity contribution in [3.8, 4) is 0 Å². The Morgan fingerprint density at radius 1 is 1.25 bits per heavy atom. The van der Waals surface area contributed by atoms with Crippen LogP contribution in [0.3, 0.4) is 0 Å². The van der Waals surface area contributed by atoms with E-state index in [4.69, 9.17) is 0 Å². The van der Waals surface area contributed by atoms with Crippen molar-refractivity contribution in [3.63, 3.8) is 0 Å². The van der Waals surface area contributed by atoms with Crippen molar-refractivity contribution in [2.24, 2.45) is 5.41 Å². The Morgan fingerprint density at radius 3 is 2.56 bits per heavy atom. The zero-order valence-electron chi connectivity index (χ0n) is 10.0. The molecule has 0 aromatic heterocycles. The molecule has 0 saturated carbocycles. The molecule has 1 spiro atoms. The van der Waals surface area contributed by atoms with Crippen molar-refractivity contribution in [1.29, 1.82) is 0 Å². The van der Waals surface area contributed by atoms with Crippen LogP contribution in [0, 0.1) is 5.41 Å². The molecule has 0 bridgehead atoms. The lowest BCUT2D eigenvalue weighted by Gasteiger charge is -2.33. The predicted molar refractivity (Wildman–Crippen MR) is 64.8 cm³/mol. The number of rotatable bonds is 3. The van der Waals surface area contributed by atoms with E-state index in [1.807, 2.05) is 6.92 Å². The van der Waals surface area contributed by atoms with Gasteiger partial charge in [0, 0.05) is 13.1 Å². The highest BCUT2D eigenvalue weighted by atomic mass is 32.2. The first kappa shape index (κ1) is 12.3. The molecule has 0 radical (unpaired) electrons. The zero-order valence-corrected chi connectivity index (χ0v) is 10.9. The van der Waals surface area contributed by atoms with Gasteiger partial charge in [-0.1, -0.05) is 6.92 Å². The van der Waals surface area contributed by atoms with Crippen molar-refractivity contribution in [3.05, 3.63) is 0 Å². The molecular formula is C11H22N2O2S. The topological polar surface area (TPSA) is 49.4 Å². The van der Waals surface area contributed by atoms with E-state index in [0.29, 0.717) is 12.2 Å². The Morgan fingerprint density at radius 2 is 1.94 bits per heavy atom. The molecule has 2 rings (SSSR count). The number of nitrogens with one attached hydrogen (secondary N) is 1. The van der Waals surface area contributed by atoms with Crippen molar-refractivity contribution in [2.75, 3.05) is 31.9 Å². The summed E-state index contributed by atoms with van der Waals surface area (Å²) in [4.78, 5) is 0. The molecule has 2 heterocycles. The summed E-state index contributed by atoms with van der Waals surface area (Å²) in [5.41, 5.74) is 0.284. The van der Waals surface area contributed by atoms with Gasteiger partial charge in [0.25, 0.3) is 0 Å². The molecule has 0 unspecified atom stereocenters. The fourth-order valence-corrected chi connectivity index (χ4v) is 4.50. The second-order valence-corrected chi connectivity index (χ2v) is 7.24. The lowest BCUT2D eigenvalue weighted by molar-refractivity contribution is 0.218. The third kappa shape index (κ3) is 2.41. The van der Waals surface area contributed by atoms with Crippen molar-refractivity contribution >= 4 is 10.0 Å². The van der Waals surface area contributed by atoms with E-state index in [-0.39, 0.29) is 5.41 Å². The van der Waals surface area contributed by atoms with Gasteiger partial charge in [-0.2, -0.15) is 0 Å². The maximum atomic E-state index is 12.0. The minimum atomic E-state index is -2.97. The summed E-state index contributed by atoms with van der Waals surface area (Å²) in [7, 11) is -2.97. The fraction of sp³-hybridized carbons (Fsp3) is 1.00. The van der Waals surface area contributed by atoms with E-state index < -0.39 is 10.0 Å². The fourth-order valence-electron chi connectivity index (χ4n) is 2.88. The summed E-state index contributed by atoms with van der Waals surface area (Å²) >= 11 is 0. The Hall–Kier alpha value is -0.130. The van der Waals surface area contributed by atoms with Crippen LogP contribution in [0.2, 0.25) is 0 Å². The van der Waals surface area contributed by atoms with Crippen molar-refractivity contribution < 1.29 is 8.42 Å². The molecule has 2 aliphatic heterocycles. The summed E-state index contributed by atoms with van der Waals surface area (Å²) in [5.74, 6) is 0.307. The molecule has 0 atom stereocenters. The van der Waals surface area contributed by atoms with Crippen molar-refractivity contribution in [1.82, 2.24) is 9.62 Å². The average Bonchev–Trinajstić information content (AvgIpc) is 2.64. The SMILES string of the molecule is CCCS(=O)(=O)N1CCC2(CCNCC2)C1. The standard InChI is InChI=1S/C11H22N2O2S/c1-2-9-16(14,15)13-8-5-11(10-13)3-6-12-7-4-11/h12H,2-10H2,1H3. The Kier molecular flexibility index (Phi) is 3.56. The second-order valence-electron chi connectivity index (χ2n) is 5.15. The highest BCUT2D eigenvalue weighted by Gasteiger charge is 2.42. The molecule has 1 N–H and O–H groups in total. The molecule has 0 aromatic carbocycles. The lowest BCUT2D eigenvalue weighted by atomic mass is 9.78. The van der Waals surface area contributed by atoms with E-state index in [0.717, 1.165) is 45.4 Å². The Balaban J connectivity index is 2.02. The van der Waals surface area contributed by atoms with Crippen LogP contribution in [0.1, 0.15) is 32.6 Å². The molecule has 2 saturated heterocycles. The maximum absolute atomic E-state index is 12.0. The number of hydrogen-bond acceptors (Lipinski definition) is 3. The normalized spacial score (nSPS) is 26.3. The van der Waals surface area contributed by atoms with E-state index in [1.165, 1.54) is 0 Å². The van der Waals surface area contributed by atoms with Crippen LogP contribution in [-0.4, -0.2) is 44.7 Å².